The molecule has 2 aromatic heterocycles. The van der Waals surface area contributed by atoms with E-state index in [4.69, 9.17) is 10.2 Å². The van der Waals surface area contributed by atoms with Crippen LogP contribution in [0.25, 0.3) is 0 Å². The number of hydrogen-bond acceptors (Lipinski definition) is 5. The van der Waals surface area contributed by atoms with Crippen LogP contribution in [0.4, 0.5) is 5.82 Å². The van der Waals surface area contributed by atoms with E-state index in [1.165, 1.54) is 30.9 Å². The summed E-state index contributed by atoms with van der Waals surface area (Å²) in [6.07, 6.45) is 4.38. The zero-order chi connectivity index (χ0) is 12.3. The van der Waals surface area contributed by atoms with Crippen LogP contribution in [0, 0.1) is 0 Å². The normalized spacial score (nSPS) is 11.5. The smallest absolute Gasteiger partial charge is 0.244 e. The third kappa shape index (κ3) is 2.63. The second-order valence-electron chi connectivity index (χ2n) is 3.34. The lowest BCUT2D eigenvalue weighted by atomic mass is 10.4. The van der Waals surface area contributed by atoms with E-state index in [0.717, 1.165) is 5.56 Å². The molecule has 17 heavy (non-hydrogen) atoms. The van der Waals surface area contributed by atoms with Crippen LogP contribution in [0.1, 0.15) is 5.56 Å². The van der Waals surface area contributed by atoms with E-state index in [9.17, 15) is 8.42 Å². The number of nitrogen functional groups attached to an aromatic ring is 1. The molecule has 90 valence electrons. The number of aromatic nitrogens is 1. The van der Waals surface area contributed by atoms with E-state index in [1.54, 1.807) is 6.07 Å². The molecule has 0 amide bonds. The first-order valence-electron chi connectivity index (χ1n) is 4.81. The second kappa shape index (κ2) is 4.56. The molecule has 2 aromatic rings. The molecule has 0 fully saturated rings. The number of nitrogens with two attached hydrogens (primary N) is 1. The summed E-state index contributed by atoms with van der Waals surface area (Å²) in [5.74, 6) is -0.0211. The van der Waals surface area contributed by atoms with Gasteiger partial charge in [0.2, 0.25) is 10.0 Å². The fourth-order valence-electron chi connectivity index (χ4n) is 1.28. The molecule has 3 N–H and O–H groups in total. The van der Waals surface area contributed by atoms with Crippen molar-refractivity contribution in [1.82, 2.24) is 9.71 Å². The Morgan fingerprint density at radius 1 is 1.41 bits per heavy atom. The SMILES string of the molecule is Nc1ncccc1S(=O)(=O)NCc1ccoc1. The van der Waals surface area contributed by atoms with Crippen molar-refractivity contribution in [2.45, 2.75) is 11.4 Å². The van der Waals surface area contributed by atoms with Gasteiger partial charge in [-0.2, -0.15) is 0 Å². The Hall–Kier alpha value is -1.86. The first-order chi connectivity index (χ1) is 8.09. The summed E-state index contributed by atoms with van der Waals surface area (Å²) < 4.78 is 31.0. The maximum atomic E-state index is 11.9. The van der Waals surface area contributed by atoms with Crippen molar-refractivity contribution in [3.63, 3.8) is 0 Å². The van der Waals surface area contributed by atoms with Crippen LogP contribution in [0.3, 0.4) is 0 Å². The van der Waals surface area contributed by atoms with Crippen LogP contribution in [0.5, 0.6) is 0 Å². The molecule has 0 saturated heterocycles. The summed E-state index contributed by atoms with van der Waals surface area (Å²) in [6.45, 7) is 0.146. The minimum absolute atomic E-state index is 0.0211. The summed E-state index contributed by atoms with van der Waals surface area (Å²) in [7, 11) is -3.65. The molecule has 0 radical (unpaired) electrons. The van der Waals surface area contributed by atoms with Gasteiger partial charge in [-0.25, -0.2) is 18.1 Å². The maximum absolute atomic E-state index is 11.9. The highest BCUT2D eigenvalue weighted by Crippen LogP contribution is 2.14. The summed E-state index contributed by atoms with van der Waals surface area (Å²) in [6, 6.07) is 4.60. The monoisotopic (exact) mass is 253 g/mol. The average molecular weight is 253 g/mol. The van der Waals surface area contributed by atoms with E-state index in [0.29, 0.717) is 0 Å². The van der Waals surface area contributed by atoms with Gasteiger partial charge in [-0.15, -0.1) is 0 Å². The summed E-state index contributed by atoms with van der Waals surface area (Å²) in [5.41, 5.74) is 6.24. The quantitative estimate of drug-likeness (QED) is 0.837. The lowest BCUT2D eigenvalue weighted by Crippen LogP contribution is -2.24. The molecule has 2 heterocycles. The van der Waals surface area contributed by atoms with Gasteiger partial charge >= 0.3 is 0 Å². The highest BCUT2D eigenvalue weighted by molar-refractivity contribution is 7.89. The number of pyridine rings is 1. The Kier molecular flexibility index (Phi) is 3.12. The predicted molar refractivity (Wildman–Crippen MR) is 61.4 cm³/mol. The van der Waals surface area contributed by atoms with Crippen molar-refractivity contribution >= 4 is 15.8 Å². The summed E-state index contributed by atoms with van der Waals surface area (Å²) >= 11 is 0. The Morgan fingerprint density at radius 2 is 2.24 bits per heavy atom. The van der Waals surface area contributed by atoms with Gasteiger partial charge in [-0.05, 0) is 18.2 Å². The van der Waals surface area contributed by atoms with Gasteiger partial charge < -0.3 is 10.2 Å². The molecule has 7 heteroatoms. The largest absolute Gasteiger partial charge is 0.472 e. The van der Waals surface area contributed by atoms with Gasteiger partial charge in [0.25, 0.3) is 0 Å². The van der Waals surface area contributed by atoms with Crippen LogP contribution in [0.15, 0.2) is 46.2 Å². The number of sulfonamides is 1. The minimum atomic E-state index is -3.65. The second-order valence-corrected chi connectivity index (χ2v) is 5.08. The molecule has 0 aromatic carbocycles. The average Bonchev–Trinajstić information content (AvgIpc) is 2.80. The van der Waals surface area contributed by atoms with Crippen LogP contribution in [0.2, 0.25) is 0 Å². The fourth-order valence-corrected chi connectivity index (χ4v) is 2.38. The molecule has 0 aliphatic heterocycles. The molecule has 0 unspecified atom stereocenters. The number of anilines is 1. The topological polar surface area (TPSA) is 98.2 Å². The highest BCUT2D eigenvalue weighted by Gasteiger charge is 2.17. The summed E-state index contributed by atoms with van der Waals surface area (Å²) in [4.78, 5) is 3.71. The van der Waals surface area contributed by atoms with Gasteiger partial charge in [0.15, 0.2) is 0 Å². The molecular formula is C10H11N3O3S. The van der Waals surface area contributed by atoms with Crippen molar-refractivity contribution in [3.8, 4) is 0 Å². The van der Waals surface area contributed by atoms with Crippen molar-refractivity contribution < 1.29 is 12.8 Å². The number of hydrogen-bond donors (Lipinski definition) is 2. The van der Waals surface area contributed by atoms with Crippen LogP contribution < -0.4 is 10.5 Å². The van der Waals surface area contributed by atoms with Gasteiger partial charge in [0.1, 0.15) is 10.7 Å². The van der Waals surface area contributed by atoms with Crippen molar-refractivity contribution in [1.29, 1.82) is 0 Å². The number of furan rings is 1. The van der Waals surface area contributed by atoms with E-state index < -0.39 is 10.0 Å². The molecule has 0 atom stereocenters. The Morgan fingerprint density at radius 3 is 2.88 bits per heavy atom. The third-order valence-corrected chi connectivity index (χ3v) is 3.58. The Balaban J connectivity index is 2.17. The van der Waals surface area contributed by atoms with E-state index >= 15 is 0 Å². The summed E-state index contributed by atoms with van der Waals surface area (Å²) in [5, 5.41) is 0. The van der Waals surface area contributed by atoms with Gasteiger partial charge in [0.05, 0.1) is 12.5 Å². The van der Waals surface area contributed by atoms with Gasteiger partial charge in [-0.3, -0.25) is 0 Å². The zero-order valence-electron chi connectivity index (χ0n) is 8.83. The highest BCUT2D eigenvalue weighted by atomic mass is 32.2. The standard InChI is InChI=1S/C10H11N3O3S/c11-10-9(2-1-4-12-10)17(14,15)13-6-8-3-5-16-7-8/h1-5,7,13H,6H2,(H2,11,12). The number of nitrogens with zero attached hydrogens (tertiary/aromatic N) is 1. The molecule has 0 aliphatic rings. The predicted octanol–water partition coefficient (Wildman–Crippen LogP) is 0.735. The Labute approximate surface area is 98.5 Å². The van der Waals surface area contributed by atoms with E-state index in [2.05, 4.69) is 9.71 Å². The molecule has 0 aliphatic carbocycles. The van der Waals surface area contributed by atoms with Crippen LogP contribution >= 0.6 is 0 Å². The van der Waals surface area contributed by atoms with Gasteiger partial charge in [0, 0.05) is 18.3 Å². The number of nitrogens with one attached hydrogen (secondary N) is 1. The third-order valence-electron chi connectivity index (χ3n) is 2.14. The molecular weight excluding hydrogens is 242 g/mol. The van der Waals surface area contributed by atoms with Crippen molar-refractivity contribution in [2.24, 2.45) is 0 Å². The van der Waals surface area contributed by atoms with Gasteiger partial charge in [-0.1, -0.05) is 0 Å². The number of rotatable bonds is 4. The van der Waals surface area contributed by atoms with Crippen LogP contribution in [-0.2, 0) is 16.6 Å². The molecule has 0 bridgehead atoms. The molecule has 2 rings (SSSR count). The molecule has 6 nitrogen and oxygen atoms in total. The Bertz CT molecular complexity index is 593. The molecule has 0 spiro atoms. The van der Waals surface area contributed by atoms with E-state index in [-0.39, 0.29) is 17.3 Å². The first kappa shape index (κ1) is 11.6. The van der Waals surface area contributed by atoms with Crippen molar-refractivity contribution in [2.75, 3.05) is 5.73 Å². The minimum Gasteiger partial charge on any atom is -0.472 e. The zero-order valence-corrected chi connectivity index (χ0v) is 9.65. The van der Waals surface area contributed by atoms with Crippen molar-refractivity contribution in [3.05, 3.63) is 42.5 Å². The lowest BCUT2D eigenvalue weighted by Gasteiger charge is -2.06. The van der Waals surface area contributed by atoms with Crippen LogP contribution in [-0.4, -0.2) is 13.4 Å². The van der Waals surface area contributed by atoms with E-state index in [1.807, 2.05) is 0 Å². The first-order valence-corrected chi connectivity index (χ1v) is 6.29. The molecule has 0 saturated carbocycles. The fraction of sp³-hybridized carbons (Fsp3) is 0.100. The maximum Gasteiger partial charge on any atom is 0.244 e. The lowest BCUT2D eigenvalue weighted by molar-refractivity contribution is 0.561.